The maximum Gasteiger partial charge on any atom is 0.460 e. The van der Waals surface area contributed by atoms with Crippen molar-refractivity contribution in [2.24, 2.45) is 0 Å². The Hall–Kier alpha value is -2.28. The number of fused-ring (bicyclic) bond motifs is 1. The van der Waals surface area contributed by atoms with E-state index in [0.29, 0.717) is 6.33 Å². The van der Waals surface area contributed by atoms with Gasteiger partial charge in [-0.2, -0.15) is 39.5 Å². The number of imidazole rings is 1. The molecule has 0 aliphatic carbocycles. The third-order valence-electron chi connectivity index (χ3n) is 2.76. The molecule has 3 N–H and O–H groups in total. The van der Waals surface area contributed by atoms with Crippen LogP contribution in [0.25, 0.3) is 11.2 Å². The summed E-state index contributed by atoms with van der Waals surface area (Å²) in [6, 6.07) is 0. The molecule has 2 aromatic heterocycles. The minimum absolute atomic E-state index is 0.546. The van der Waals surface area contributed by atoms with Crippen LogP contribution in [0.3, 0.4) is 0 Å². The zero-order valence-corrected chi connectivity index (χ0v) is 10.4. The van der Waals surface area contributed by atoms with Crippen LogP contribution >= 0.6 is 0 Å². The molecule has 0 saturated heterocycles. The zero-order valence-electron chi connectivity index (χ0n) is 10.4. The molecule has 0 unspecified atom stereocenters. The number of aromatic nitrogens is 4. The van der Waals surface area contributed by atoms with E-state index in [1.54, 1.807) is 0 Å². The van der Waals surface area contributed by atoms with Crippen molar-refractivity contribution in [2.75, 3.05) is 5.73 Å². The molecule has 2 heterocycles. The molecule has 0 bridgehead atoms. The summed E-state index contributed by atoms with van der Waals surface area (Å²) in [4.78, 5) is 10.8. The number of hydrogen-bond donors (Lipinski definition) is 2. The largest absolute Gasteiger partial charge is 0.460 e. The molecular weight excluding hydrogens is 349 g/mol. The Morgan fingerprint density at radius 3 is 1.91 bits per heavy atom. The van der Waals surface area contributed by atoms with E-state index >= 15 is 0 Å². The molecule has 0 aliphatic heterocycles. The van der Waals surface area contributed by atoms with Crippen LogP contribution in [0.5, 0.6) is 0 Å². The number of H-pyrrole nitrogens is 1. The van der Waals surface area contributed by atoms with Gasteiger partial charge in [0.05, 0.1) is 0 Å². The number of nitrogens with one attached hydrogen (secondary N) is 1. The fraction of sp³-hybridized carbons (Fsp3) is 0.444. The van der Waals surface area contributed by atoms with Crippen LogP contribution in [0, 0.1) is 0 Å². The van der Waals surface area contributed by atoms with Crippen molar-refractivity contribution in [1.82, 2.24) is 19.9 Å². The molecule has 14 heteroatoms. The number of nitrogen functional groups attached to an aromatic ring is 1. The summed E-state index contributed by atoms with van der Waals surface area (Å²) >= 11 is 0. The highest BCUT2D eigenvalue weighted by Crippen LogP contribution is 2.56. The molecule has 0 aliphatic rings. The SMILES string of the molecule is Nc1ncnc2nc(C(F)(F)C(F)(F)C(F)(F)C(F)(F)F)[nH]c12. The van der Waals surface area contributed by atoms with E-state index in [0.717, 1.165) is 0 Å². The van der Waals surface area contributed by atoms with Gasteiger partial charge in [0, 0.05) is 0 Å². The number of rotatable bonds is 3. The topological polar surface area (TPSA) is 80.5 Å². The fourth-order valence-corrected chi connectivity index (χ4v) is 1.52. The predicted octanol–water partition coefficient (Wildman–Crippen LogP) is 2.86. The lowest BCUT2D eigenvalue weighted by atomic mass is 10.0. The summed E-state index contributed by atoms with van der Waals surface area (Å²) in [5.74, 6) is -22.5. The second-order valence-electron chi connectivity index (χ2n) is 4.26. The van der Waals surface area contributed by atoms with Crippen LogP contribution in [0.4, 0.5) is 45.3 Å². The molecule has 0 spiro atoms. The van der Waals surface area contributed by atoms with E-state index in [1.807, 2.05) is 0 Å². The number of alkyl halides is 9. The van der Waals surface area contributed by atoms with E-state index in [-0.39, 0.29) is 0 Å². The number of halogens is 9. The normalized spacial score (nSPS) is 14.5. The van der Waals surface area contributed by atoms with Crippen molar-refractivity contribution in [1.29, 1.82) is 0 Å². The number of nitrogens with zero attached hydrogens (tertiary/aromatic N) is 3. The standard InChI is InChI=1S/C9H4F9N5/c10-6(11,7(12,13)8(14,15)9(16,17)18)5-22-2-3(19)20-1-21-4(2)23-5/h1H,(H3,19,20,21,22,23). The number of hydrogen-bond acceptors (Lipinski definition) is 4. The Kier molecular flexibility index (Phi) is 3.42. The second-order valence-corrected chi connectivity index (χ2v) is 4.26. The van der Waals surface area contributed by atoms with Crippen molar-refractivity contribution in [2.45, 2.75) is 23.9 Å². The zero-order chi connectivity index (χ0) is 17.8. The smallest absolute Gasteiger partial charge is 0.382 e. The molecule has 0 aromatic carbocycles. The molecule has 0 radical (unpaired) electrons. The first-order valence-corrected chi connectivity index (χ1v) is 5.40. The predicted molar refractivity (Wildman–Crippen MR) is 55.9 cm³/mol. The van der Waals surface area contributed by atoms with Gasteiger partial charge in [-0.3, -0.25) is 0 Å². The average Bonchev–Trinajstić information content (AvgIpc) is 2.83. The first-order chi connectivity index (χ1) is 10.2. The lowest BCUT2D eigenvalue weighted by Gasteiger charge is -2.32. The van der Waals surface area contributed by atoms with Crippen molar-refractivity contribution in [3.05, 3.63) is 12.2 Å². The summed E-state index contributed by atoms with van der Waals surface area (Å²) in [5, 5.41) is 0. The van der Waals surface area contributed by atoms with Gasteiger partial charge >= 0.3 is 23.9 Å². The lowest BCUT2D eigenvalue weighted by molar-refractivity contribution is -0.400. The van der Waals surface area contributed by atoms with Gasteiger partial charge in [0.15, 0.2) is 17.3 Å². The third kappa shape index (κ3) is 2.23. The third-order valence-corrected chi connectivity index (χ3v) is 2.76. The van der Waals surface area contributed by atoms with E-state index in [4.69, 9.17) is 5.73 Å². The molecule has 0 amide bonds. The molecule has 0 fully saturated rings. The highest BCUT2D eigenvalue weighted by molar-refractivity contribution is 5.81. The Bertz CT molecular complexity index is 735. The lowest BCUT2D eigenvalue weighted by Crippen LogP contribution is -2.59. The van der Waals surface area contributed by atoms with Crippen molar-refractivity contribution in [3.63, 3.8) is 0 Å². The highest BCUT2D eigenvalue weighted by Gasteiger charge is 2.82. The number of aromatic amines is 1. The van der Waals surface area contributed by atoms with Crippen LogP contribution in [-0.2, 0) is 5.92 Å². The summed E-state index contributed by atoms with van der Waals surface area (Å²) in [5.41, 5.74) is 3.87. The van der Waals surface area contributed by atoms with Crippen molar-refractivity contribution < 1.29 is 39.5 Å². The van der Waals surface area contributed by atoms with E-state index in [1.165, 1.54) is 4.98 Å². The Balaban J connectivity index is 2.61. The van der Waals surface area contributed by atoms with Crippen LogP contribution in [0.15, 0.2) is 6.33 Å². The van der Waals surface area contributed by atoms with Gasteiger partial charge in [0.25, 0.3) is 0 Å². The van der Waals surface area contributed by atoms with Crippen LogP contribution in [0.2, 0.25) is 0 Å². The Labute approximate surface area is 119 Å². The molecule has 2 aromatic rings. The molecular formula is C9H4F9N5. The molecule has 23 heavy (non-hydrogen) atoms. The highest BCUT2D eigenvalue weighted by atomic mass is 19.4. The summed E-state index contributed by atoms with van der Waals surface area (Å²) in [6.07, 6.45) is -6.21. The summed E-state index contributed by atoms with van der Waals surface area (Å²) in [6.45, 7) is 0. The van der Waals surface area contributed by atoms with E-state index < -0.39 is 46.8 Å². The van der Waals surface area contributed by atoms with E-state index in [9.17, 15) is 39.5 Å². The van der Waals surface area contributed by atoms with Gasteiger partial charge in [-0.1, -0.05) is 0 Å². The average molecular weight is 353 g/mol. The minimum Gasteiger partial charge on any atom is -0.382 e. The number of anilines is 1. The van der Waals surface area contributed by atoms with Crippen LogP contribution < -0.4 is 5.73 Å². The molecule has 0 saturated carbocycles. The summed E-state index contributed by atoms with van der Waals surface area (Å²) in [7, 11) is 0. The summed E-state index contributed by atoms with van der Waals surface area (Å²) < 4.78 is 115. The van der Waals surface area contributed by atoms with Gasteiger partial charge in [0.1, 0.15) is 11.8 Å². The second kappa shape index (κ2) is 4.61. The van der Waals surface area contributed by atoms with E-state index in [2.05, 4.69) is 15.0 Å². The molecule has 0 atom stereocenters. The maximum atomic E-state index is 13.6. The number of nitrogens with two attached hydrogens (primary N) is 1. The minimum atomic E-state index is -7.01. The first kappa shape index (κ1) is 17.1. The molecule has 5 nitrogen and oxygen atoms in total. The van der Waals surface area contributed by atoms with Crippen LogP contribution in [-0.4, -0.2) is 38.0 Å². The van der Waals surface area contributed by atoms with Gasteiger partial charge in [-0.25, -0.2) is 15.0 Å². The van der Waals surface area contributed by atoms with Crippen molar-refractivity contribution in [3.8, 4) is 0 Å². The Morgan fingerprint density at radius 2 is 1.43 bits per heavy atom. The molecule has 2 rings (SSSR count). The van der Waals surface area contributed by atoms with Crippen LogP contribution in [0.1, 0.15) is 5.82 Å². The van der Waals surface area contributed by atoms with Crippen molar-refractivity contribution >= 4 is 17.0 Å². The monoisotopic (exact) mass is 353 g/mol. The van der Waals surface area contributed by atoms with Gasteiger partial charge in [-0.05, 0) is 0 Å². The van der Waals surface area contributed by atoms with Gasteiger partial charge in [0.2, 0.25) is 0 Å². The fourth-order valence-electron chi connectivity index (χ4n) is 1.52. The Morgan fingerprint density at radius 1 is 0.870 bits per heavy atom. The molecule has 128 valence electrons. The first-order valence-electron chi connectivity index (χ1n) is 5.40. The van der Waals surface area contributed by atoms with Gasteiger partial charge in [-0.15, -0.1) is 0 Å². The van der Waals surface area contributed by atoms with Gasteiger partial charge < -0.3 is 10.7 Å². The maximum absolute atomic E-state index is 13.6. The quantitative estimate of drug-likeness (QED) is 0.832.